The quantitative estimate of drug-likeness (QED) is 0.345. The molecule has 0 aromatic heterocycles. The molecule has 0 aliphatic carbocycles. The summed E-state index contributed by atoms with van der Waals surface area (Å²) in [7, 11) is 0. The predicted molar refractivity (Wildman–Crippen MR) is 144 cm³/mol. The van der Waals surface area contributed by atoms with Crippen molar-refractivity contribution in [1.82, 2.24) is 0 Å². The van der Waals surface area contributed by atoms with Crippen LogP contribution in [0.4, 0.5) is 11.4 Å². The van der Waals surface area contributed by atoms with Crippen LogP contribution >= 0.6 is 0 Å². The number of carbonyl (C=O) groups excluding carboxylic acids is 2. The second-order valence-corrected chi connectivity index (χ2v) is 8.99. The largest absolute Gasteiger partial charge is 0.484 e. The van der Waals surface area contributed by atoms with E-state index < -0.39 is 0 Å². The Bertz CT molecular complexity index is 1390. The number of carbonyl (C=O) groups is 2. The number of fused-ring (bicyclic) bond motifs is 1. The summed E-state index contributed by atoms with van der Waals surface area (Å²) in [6, 6.07) is 33.7. The highest BCUT2D eigenvalue weighted by Crippen LogP contribution is 2.39. The van der Waals surface area contributed by atoms with Gasteiger partial charge in [-0.15, -0.1) is 0 Å². The second-order valence-electron chi connectivity index (χ2n) is 8.99. The summed E-state index contributed by atoms with van der Waals surface area (Å²) >= 11 is 0. The van der Waals surface area contributed by atoms with E-state index >= 15 is 0 Å². The van der Waals surface area contributed by atoms with Crippen LogP contribution in [-0.2, 0) is 9.59 Å². The van der Waals surface area contributed by atoms with Gasteiger partial charge in [-0.25, -0.2) is 0 Å². The van der Waals surface area contributed by atoms with Gasteiger partial charge in [0, 0.05) is 13.5 Å². The Balaban J connectivity index is 1.50. The average Bonchev–Trinajstić information content (AvgIpc) is 2.92. The summed E-state index contributed by atoms with van der Waals surface area (Å²) in [5.41, 5.74) is 5.73. The van der Waals surface area contributed by atoms with E-state index in [4.69, 9.17) is 4.74 Å². The monoisotopic (exact) mass is 476 g/mol. The van der Waals surface area contributed by atoms with Gasteiger partial charge in [-0.05, 0) is 59.5 Å². The minimum absolute atomic E-state index is 0.0461. The van der Waals surface area contributed by atoms with E-state index in [1.165, 1.54) is 0 Å². The van der Waals surface area contributed by atoms with Gasteiger partial charge < -0.3 is 14.5 Å². The fourth-order valence-corrected chi connectivity index (χ4v) is 4.77. The van der Waals surface area contributed by atoms with Crippen LogP contribution in [-0.4, -0.2) is 31.0 Å². The zero-order chi connectivity index (χ0) is 25.1. The summed E-state index contributed by atoms with van der Waals surface area (Å²) < 4.78 is 5.75. The molecule has 2 amide bonds. The third kappa shape index (κ3) is 4.73. The molecule has 1 aliphatic rings. The van der Waals surface area contributed by atoms with Gasteiger partial charge in [0.05, 0.1) is 17.4 Å². The molecule has 0 N–H and O–H groups in total. The number of rotatable bonds is 5. The molecule has 0 saturated heterocycles. The maximum Gasteiger partial charge on any atom is 0.265 e. The standard InChI is InChI=1S/C31H28N2O3/c1-22-20-32(31(35)21-36-28-14-7-4-8-15-28)30-19-27(16-17-29(30)33(22)23(2)34)26-13-9-12-25(18-26)24-10-5-3-6-11-24/h3-19,22H,20-21H2,1-2H3/t22-/m0/s1. The lowest BCUT2D eigenvalue weighted by Gasteiger charge is -2.41. The molecule has 5 nitrogen and oxygen atoms in total. The molecule has 0 saturated carbocycles. The molecule has 0 unspecified atom stereocenters. The number of anilines is 2. The van der Waals surface area contributed by atoms with Crippen molar-refractivity contribution in [2.45, 2.75) is 19.9 Å². The maximum absolute atomic E-state index is 13.3. The normalized spacial score (nSPS) is 14.8. The van der Waals surface area contributed by atoms with E-state index in [0.717, 1.165) is 27.9 Å². The third-order valence-electron chi connectivity index (χ3n) is 6.46. The first-order chi connectivity index (χ1) is 17.5. The van der Waals surface area contributed by atoms with E-state index in [-0.39, 0.29) is 24.5 Å². The SMILES string of the molecule is CC(=O)N1c2ccc(-c3cccc(-c4ccccc4)c3)cc2N(C(=O)COc2ccccc2)C[C@@H]1C. The molecule has 0 fully saturated rings. The number of para-hydroxylation sites is 1. The van der Waals surface area contributed by atoms with Crippen LogP contribution in [0, 0.1) is 0 Å². The zero-order valence-electron chi connectivity index (χ0n) is 20.4. The van der Waals surface area contributed by atoms with Gasteiger partial charge in [-0.2, -0.15) is 0 Å². The summed E-state index contributed by atoms with van der Waals surface area (Å²) in [6.45, 7) is 3.84. The van der Waals surface area contributed by atoms with Crippen LogP contribution in [0.2, 0.25) is 0 Å². The number of hydrogen-bond donors (Lipinski definition) is 0. The highest BCUT2D eigenvalue weighted by atomic mass is 16.5. The lowest BCUT2D eigenvalue weighted by Crippen LogP contribution is -2.52. The summed E-state index contributed by atoms with van der Waals surface area (Å²) in [4.78, 5) is 29.4. The van der Waals surface area contributed by atoms with Gasteiger partial charge in [-0.1, -0.05) is 72.8 Å². The number of hydrogen-bond acceptors (Lipinski definition) is 3. The molecule has 0 spiro atoms. The van der Waals surface area contributed by atoms with Gasteiger partial charge >= 0.3 is 0 Å². The molecular formula is C31H28N2O3. The van der Waals surface area contributed by atoms with Crippen LogP contribution in [0.25, 0.3) is 22.3 Å². The highest BCUT2D eigenvalue weighted by Gasteiger charge is 2.34. The number of nitrogens with zero attached hydrogens (tertiary/aromatic N) is 2. The van der Waals surface area contributed by atoms with E-state index in [9.17, 15) is 9.59 Å². The van der Waals surface area contributed by atoms with Crippen molar-refractivity contribution in [2.75, 3.05) is 23.0 Å². The molecule has 4 aromatic carbocycles. The van der Waals surface area contributed by atoms with Crippen LogP contribution in [0.1, 0.15) is 13.8 Å². The van der Waals surface area contributed by atoms with Gasteiger partial charge in [0.25, 0.3) is 5.91 Å². The molecule has 1 atom stereocenters. The Morgan fingerprint density at radius 1 is 0.750 bits per heavy atom. The van der Waals surface area contributed by atoms with E-state index in [1.807, 2.05) is 79.7 Å². The molecule has 1 heterocycles. The molecule has 0 bridgehead atoms. The number of amides is 2. The molecule has 5 rings (SSSR count). The first-order valence-corrected chi connectivity index (χ1v) is 12.1. The Hall–Kier alpha value is -4.38. The third-order valence-corrected chi connectivity index (χ3v) is 6.46. The van der Waals surface area contributed by atoms with Crippen LogP contribution in [0.3, 0.4) is 0 Å². The first-order valence-electron chi connectivity index (χ1n) is 12.1. The fourth-order valence-electron chi connectivity index (χ4n) is 4.77. The summed E-state index contributed by atoms with van der Waals surface area (Å²) in [5, 5.41) is 0. The number of ether oxygens (including phenoxy) is 1. The highest BCUT2D eigenvalue weighted by molar-refractivity contribution is 6.05. The Morgan fingerprint density at radius 2 is 1.36 bits per heavy atom. The average molecular weight is 477 g/mol. The molecule has 36 heavy (non-hydrogen) atoms. The van der Waals surface area contributed by atoms with Crippen molar-refractivity contribution < 1.29 is 14.3 Å². The lowest BCUT2D eigenvalue weighted by atomic mass is 9.97. The van der Waals surface area contributed by atoms with Crippen LogP contribution < -0.4 is 14.5 Å². The van der Waals surface area contributed by atoms with Gasteiger partial charge in [-0.3, -0.25) is 9.59 Å². The van der Waals surface area contributed by atoms with Crippen molar-refractivity contribution >= 4 is 23.2 Å². The molecule has 4 aromatic rings. The molecule has 180 valence electrons. The van der Waals surface area contributed by atoms with Crippen molar-refractivity contribution in [1.29, 1.82) is 0 Å². The zero-order valence-corrected chi connectivity index (χ0v) is 20.4. The summed E-state index contributed by atoms with van der Waals surface area (Å²) in [5.74, 6) is 0.452. The molecular weight excluding hydrogens is 448 g/mol. The molecule has 1 aliphatic heterocycles. The van der Waals surface area contributed by atoms with Gasteiger partial charge in [0.2, 0.25) is 5.91 Å². The van der Waals surface area contributed by atoms with Crippen molar-refractivity contribution in [3.63, 3.8) is 0 Å². The van der Waals surface area contributed by atoms with Crippen LogP contribution in [0.5, 0.6) is 5.75 Å². The first kappa shape index (κ1) is 23.4. The Labute approximate surface area is 211 Å². The van der Waals surface area contributed by atoms with E-state index in [0.29, 0.717) is 18.0 Å². The topological polar surface area (TPSA) is 49.9 Å². The predicted octanol–water partition coefficient (Wildman–Crippen LogP) is 6.19. The molecule has 0 radical (unpaired) electrons. The second kappa shape index (κ2) is 10.1. The van der Waals surface area contributed by atoms with Crippen molar-refractivity contribution in [2.24, 2.45) is 0 Å². The fraction of sp³-hybridized carbons (Fsp3) is 0.161. The Kier molecular flexibility index (Phi) is 6.54. The maximum atomic E-state index is 13.3. The van der Waals surface area contributed by atoms with E-state index in [2.05, 4.69) is 30.3 Å². The molecule has 5 heteroatoms. The lowest BCUT2D eigenvalue weighted by molar-refractivity contribution is -0.121. The van der Waals surface area contributed by atoms with E-state index in [1.54, 1.807) is 16.7 Å². The smallest absolute Gasteiger partial charge is 0.265 e. The van der Waals surface area contributed by atoms with Crippen molar-refractivity contribution in [3.8, 4) is 28.0 Å². The van der Waals surface area contributed by atoms with Crippen molar-refractivity contribution in [3.05, 3.63) is 103 Å². The number of benzene rings is 4. The minimum atomic E-state index is -0.150. The minimum Gasteiger partial charge on any atom is -0.484 e. The summed E-state index contributed by atoms with van der Waals surface area (Å²) in [6.07, 6.45) is 0. The van der Waals surface area contributed by atoms with Crippen LogP contribution in [0.15, 0.2) is 103 Å². The van der Waals surface area contributed by atoms with Gasteiger partial charge in [0.15, 0.2) is 6.61 Å². The Morgan fingerprint density at radius 3 is 2.06 bits per heavy atom. The van der Waals surface area contributed by atoms with Gasteiger partial charge in [0.1, 0.15) is 5.75 Å².